The second-order valence-electron chi connectivity index (χ2n) is 6.35. The molecule has 24 heavy (non-hydrogen) atoms. The van der Waals surface area contributed by atoms with Gasteiger partial charge in [0.15, 0.2) is 0 Å². The Balaban J connectivity index is 1.77. The molecule has 1 unspecified atom stereocenters. The van der Waals surface area contributed by atoms with Gasteiger partial charge < -0.3 is 10.2 Å². The number of hydrogen-bond donors (Lipinski definition) is 1. The summed E-state index contributed by atoms with van der Waals surface area (Å²) in [6, 6.07) is 7.87. The number of pyridine rings is 1. The standard InChI is InChI=1S/C18H23N5O/c1-12-10-13(2)20-18(19-12)22-17-8-4-7-16(21-17)15-6-5-9-23(11-15)14(3)24/h4,7-8,10,15H,5-6,9,11H2,1-3H3,(H,19,20,21,22). The highest BCUT2D eigenvalue weighted by atomic mass is 16.2. The van der Waals surface area contributed by atoms with Gasteiger partial charge in [-0.15, -0.1) is 0 Å². The smallest absolute Gasteiger partial charge is 0.228 e. The van der Waals surface area contributed by atoms with Gasteiger partial charge >= 0.3 is 0 Å². The van der Waals surface area contributed by atoms with Crippen LogP contribution in [0.4, 0.5) is 11.8 Å². The van der Waals surface area contributed by atoms with E-state index in [2.05, 4.69) is 15.3 Å². The molecule has 2 aromatic rings. The lowest BCUT2D eigenvalue weighted by Gasteiger charge is -2.31. The summed E-state index contributed by atoms with van der Waals surface area (Å²) >= 11 is 0. The molecule has 1 aliphatic heterocycles. The van der Waals surface area contributed by atoms with Gasteiger partial charge in [0.05, 0.1) is 0 Å². The first-order valence-electron chi connectivity index (χ1n) is 8.33. The van der Waals surface area contributed by atoms with E-state index in [1.807, 2.05) is 43.0 Å². The number of piperidine rings is 1. The Morgan fingerprint density at radius 2 is 1.96 bits per heavy atom. The fraction of sp³-hybridized carbons (Fsp3) is 0.444. The largest absolute Gasteiger partial charge is 0.342 e. The van der Waals surface area contributed by atoms with E-state index >= 15 is 0 Å². The Kier molecular flexibility index (Phi) is 4.74. The molecule has 1 aliphatic rings. The maximum Gasteiger partial charge on any atom is 0.228 e. The lowest BCUT2D eigenvalue weighted by Crippen LogP contribution is -2.37. The number of anilines is 2. The van der Waals surface area contributed by atoms with Crippen molar-refractivity contribution < 1.29 is 4.79 Å². The molecule has 3 rings (SSSR count). The summed E-state index contributed by atoms with van der Waals surface area (Å²) in [5, 5.41) is 3.19. The van der Waals surface area contributed by atoms with Gasteiger partial charge in [-0.25, -0.2) is 15.0 Å². The zero-order valence-electron chi connectivity index (χ0n) is 14.4. The summed E-state index contributed by atoms with van der Waals surface area (Å²) in [4.78, 5) is 27.0. The molecule has 1 saturated heterocycles. The maximum atomic E-state index is 11.6. The molecule has 0 saturated carbocycles. The minimum Gasteiger partial charge on any atom is -0.342 e. The first-order chi connectivity index (χ1) is 11.5. The van der Waals surface area contributed by atoms with Crippen LogP contribution in [0, 0.1) is 13.8 Å². The van der Waals surface area contributed by atoms with Gasteiger partial charge in [0.2, 0.25) is 11.9 Å². The molecule has 1 fully saturated rings. The summed E-state index contributed by atoms with van der Waals surface area (Å²) in [6.45, 7) is 7.11. The summed E-state index contributed by atoms with van der Waals surface area (Å²) in [5.74, 6) is 1.71. The van der Waals surface area contributed by atoms with Crippen molar-refractivity contribution in [2.45, 2.75) is 39.5 Å². The molecule has 6 heteroatoms. The minimum absolute atomic E-state index is 0.137. The topological polar surface area (TPSA) is 71.0 Å². The Morgan fingerprint density at radius 1 is 1.21 bits per heavy atom. The molecule has 0 aromatic carbocycles. The Morgan fingerprint density at radius 3 is 2.67 bits per heavy atom. The quantitative estimate of drug-likeness (QED) is 0.939. The van der Waals surface area contributed by atoms with Crippen LogP contribution in [0.15, 0.2) is 24.3 Å². The highest BCUT2D eigenvalue weighted by Crippen LogP contribution is 2.26. The fourth-order valence-electron chi connectivity index (χ4n) is 3.15. The molecule has 1 N–H and O–H groups in total. The summed E-state index contributed by atoms with van der Waals surface area (Å²) in [7, 11) is 0. The highest BCUT2D eigenvalue weighted by molar-refractivity contribution is 5.73. The second-order valence-corrected chi connectivity index (χ2v) is 6.35. The monoisotopic (exact) mass is 325 g/mol. The van der Waals surface area contributed by atoms with E-state index in [-0.39, 0.29) is 11.8 Å². The van der Waals surface area contributed by atoms with Crippen LogP contribution in [-0.2, 0) is 4.79 Å². The zero-order chi connectivity index (χ0) is 17.1. The third kappa shape index (κ3) is 3.88. The minimum atomic E-state index is 0.137. The van der Waals surface area contributed by atoms with E-state index in [0.29, 0.717) is 5.95 Å². The number of aromatic nitrogens is 3. The van der Waals surface area contributed by atoms with Crippen LogP contribution in [-0.4, -0.2) is 38.8 Å². The molecule has 2 aromatic heterocycles. The van der Waals surface area contributed by atoms with Crippen LogP contribution in [0.3, 0.4) is 0 Å². The number of likely N-dealkylation sites (tertiary alicyclic amines) is 1. The predicted octanol–water partition coefficient (Wildman–Crippen LogP) is 2.96. The Bertz CT molecular complexity index is 726. The lowest BCUT2D eigenvalue weighted by molar-refractivity contribution is -0.130. The van der Waals surface area contributed by atoms with E-state index in [9.17, 15) is 4.79 Å². The van der Waals surface area contributed by atoms with Gasteiger partial charge in [-0.2, -0.15) is 0 Å². The zero-order valence-corrected chi connectivity index (χ0v) is 14.4. The van der Waals surface area contributed by atoms with Crippen molar-refractivity contribution in [2.75, 3.05) is 18.4 Å². The van der Waals surface area contributed by atoms with Crippen LogP contribution in [0.2, 0.25) is 0 Å². The third-order valence-electron chi connectivity index (χ3n) is 4.28. The van der Waals surface area contributed by atoms with Gasteiger partial charge in [0.1, 0.15) is 5.82 Å². The Labute approximate surface area is 142 Å². The molecular formula is C18H23N5O. The van der Waals surface area contributed by atoms with Gasteiger partial charge in [-0.3, -0.25) is 4.79 Å². The molecule has 0 bridgehead atoms. The van der Waals surface area contributed by atoms with Crippen LogP contribution in [0.25, 0.3) is 0 Å². The van der Waals surface area contributed by atoms with Crippen LogP contribution in [0.1, 0.15) is 42.8 Å². The van der Waals surface area contributed by atoms with Crippen molar-refractivity contribution in [3.63, 3.8) is 0 Å². The number of hydrogen-bond acceptors (Lipinski definition) is 5. The first-order valence-corrected chi connectivity index (χ1v) is 8.33. The highest BCUT2D eigenvalue weighted by Gasteiger charge is 2.23. The van der Waals surface area contributed by atoms with E-state index in [1.54, 1.807) is 6.92 Å². The van der Waals surface area contributed by atoms with E-state index < -0.39 is 0 Å². The predicted molar refractivity (Wildman–Crippen MR) is 93.3 cm³/mol. The average Bonchev–Trinajstić information content (AvgIpc) is 2.54. The number of nitrogens with zero attached hydrogens (tertiary/aromatic N) is 4. The molecule has 0 spiro atoms. The molecule has 3 heterocycles. The summed E-state index contributed by atoms with van der Waals surface area (Å²) in [6.07, 6.45) is 2.07. The molecular weight excluding hydrogens is 302 g/mol. The van der Waals surface area contributed by atoms with Crippen molar-refractivity contribution >= 4 is 17.7 Å². The molecule has 1 amide bonds. The van der Waals surface area contributed by atoms with Gasteiger partial charge in [-0.05, 0) is 44.9 Å². The maximum absolute atomic E-state index is 11.6. The van der Waals surface area contributed by atoms with E-state index in [0.717, 1.165) is 48.8 Å². The van der Waals surface area contributed by atoms with E-state index in [1.165, 1.54) is 0 Å². The number of carbonyl (C=O) groups excluding carboxylic acids is 1. The summed E-state index contributed by atoms with van der Waals surface area (Å²) in [5.41, 5.74) is 2.85. The van der Waals surface area contributed by atoms with Crippen molar-refractivity contribution in [1.82, 2.24) is 19.9 Å². The molecule has 0 radical (unpaired) electrons. The number of nitrogens with one attached hydrogen (secondary N) is 1. The lowest BCUT2D eigenvalue weighted by atomic mass is 9.94. The number of aryl methyl sites for hydroxylation is 2. The number of rotatable bonds is 3. The van der Waals surface area contributed by atoms with Gasteiger partial charge in [0.25, 0.3) is 0 Å². The normalized spacial score (nSPS) is 17.6. The first kappa shape index (κ1) is 16.4. The Hall–Kier alpha value is -2.50. The molecule has 1 atom stereocenters. The van der Waals surface area contributed by atoms with Crippen LogP contribution < -0.4 is 5.32 Å². The average molecular weight is 325 g/mol. The van der Waals surface area contributed by atoms with Crippen LogP contribution in [0.5, 0.6) is 0 Å². The van der Waals surface area contributed by atoms with Crippen molar-refractivity contribution in [2.24, 2.45) is 0 Å². The number of carbonyl (C=O) groups is 1. The SMILES string of the molecule is CC(=O)N1CCCC(c2cccc(Nc3nc(C)cc(C)n3)n2)C1. The van der Waals surface area contributed by atoms with Crippen molar-refractivity contribution in [3.05, 3.63) is 41.3 Å². The molecule has 6 nitrogen and oxygen atoms in total. The van der Waals surface area contributed by atoms with Crippen LogP contribution >= 0.6 is 0 Å². The molecule has 0 aliphatic carbocycles. The molecule has 126 valence electrons. The van der Waals surface area contributed by atoms with Crippen molar-refractivity contribution in [3.8, 4) is 0 Å². The number of amides is 1. The third-order valence-corrected chi connectivity index (χ3v) is 4.28. The van der Waals surface area contributed by atoms with Gasteiger partial charge in [-0.1, -0.05) is 6.07 Å². The fourth-order valence-corrected chi connectivity index (χ4v) is 3.15. The second kappa shape index (κ2) is 6.95. The summed E-state index contributed by atoms with van der Waals surface area (Å²) < 4.78 is 0. The van der Waals surface area contributed by atoms with E-state index in [4.69, 9.17) is 4.98 Å². The van der Waals surface area contributed by atoms with Gasteiger partial charge in [0, 0.05) is 43.0 Å². The van der Waals surface area contributed by atoms with Crippen molar-refractivity contribution in [1.29, 1.82) is 0 Å².